The third-order valence-electron chi connectivity index (χ3n) is 1.86. The van der Waals surface area contributed by atoms with Gasteiger partial charge in [0.25, 0.3) is 0 Å². The van der Waals surface area contributed by atoms with Crippen molar-refractivity contribution in [2.45, 2.75) is 44.7 Å². The summed E-state index contributed by atoms with van der Waals surface area (Å²) in [6.45, 7) is 1.64. The third-order valence-corrected chi connectivity index (χ3v) is 2.97. The summed E-state index contributed by atoms with van der Waals surface area (Å²) in [6, 6.07) is 0. The molecule has 0 spiro atoms. The first kappa shape index (κ1) is 15.7. The Morgan fingerprint density at radius 1 is 1.31 bits per heavy atom. The lowest BCUT2D eigenvalue weighted by molar-refractivity contribution is -0.171. The predicted octanol–water partition coefficient (Wildman–Crippen LogP) is 3.67. The van der Waals surface area contributed by atoms with Gasteiger partial charge >= 0.3 is 12.3 Å². The van der Waals surface area contributed by atoms with Gasteiger partial charge in [0.05, 0.1) is 0 Å². The molecule has 0 aliphatic heterocycles. The largest absolute Gasteiger partial charge is 0.337 e. The summed E-state index contributed by atoms with van der Waals surface area (Å²) in [7, 11) is 0. The maximum atomic E-state index is 12.7. The first-order chi connectivity index (χ1) is 7.32. The molecule has 0 radical (unpaired) electrons. The second-order valence-corrected chi connectivity index (χ2v) is 4.31. The van der Waals surface area contributed by atoms with Crippen molar-refractivity contribution in [3.8, 4) is 0 Å². The summed E-state index contributed by atoms with van der Waals surface area (Å²) < 4.78 is 60.9. The van der Waals surface area contributed by atoms with Gasteiger partial charge < -0.3 is 0 Å². The van der Waals surface area contributed by atoms with Crippen LogP contribution >= 0.6 is 11.8 Å². The molecule has 0 N–H and O–H groups in total. The van der Waals surface area contributed by atoms with Crippen molar-refractivity contribution in [1.82, 2.24) is 0 Å². The van der Waals surface area contributed by atoms with Gasteiger partial charge in [0.2, 0.25) is 0 Å². The first-order valence-corrected chi connectivity index (χ1v) is 5.76. The van der Waals surface area contributed by atoms with Crippen molar-refractivity contribution in [1.29, 1.82) is 0 Å². The van der Waals surface area contributed by atoms with E-state index in [-0.39, 0.29) is 17.3 Å². The molecular formula is C9H13F5OS. The molecule has 0 aliphatic rings. The molecular weight excluding hydrogens is 251 g/mol. The van der Waals surface area contributed by atoms with Crippen LogP contribution in [0.25, 0.3) is 0 Å². The van der Waals surface area contributed by atoms with Crippen LogP contribution < -0.4 is 0 Å². The molecule has 96 valence electrons. The van der Waals surface area contributed by atoms with Crippen molar-refractivity contribution in [2.24, 2.45) is 0 Å². The fraction of sp³-hybridized carbons (Fsp3) is 0.889. The highest BCUT2D eigenvalue weighted by Gasteiger charge is 2.48. The molecule has 1 nitrogen and oxygen atoms in total. The van der Waals surface area contributed by atoms with E-state index in [4.69, 9.17) is 0 Å². The summed E-state index contributed by atoms with van der Waals surface area (Å²) in [5.41, 5.74) is 0. The highest BCUT2D eigenvalue weighted by molar-refractivity contribution is 8.13. The third kappa shape index (κ3) is 5.14. The van der Waals surface area contributed by atoms with Gasteiger partial charge in [-0.25, -0.2) is 13.2 Å². The summed E-state index contributed by atoms with van der Waals surface area (Å²) >= 11 is 0.899. The summed E-state index contributed by atoms with van der Waals surface area (Å²) in [6.07, 6.45) is -7.24. The van der Waals surface area contributed by atoms with E-state index < -0.39 is 24.9 Å². The van der Waals surface area contributed by atoms with E-state index in [0.29, 0.717) is 6.42 Å². The van der Waals surface area contributed by atoms with Crippen molar-refractivity contribution in [3.63, 3.8) is 0 Å². The number of halogens is 5. The second-order valence-electron chi connectivity index (χ2n) is 3.16. The maximum Gasteiger partial charge on any atom is 0.337 e. The van der Waals surface area contributed by atoms with Crippen LogP contribution in [0.4, 0.5) is 22.0 Å². The normalized spacial score (nSPS) is 14.2. The van der Waals surface area contributed by atoms with E-state index >= 15 is 0 Å². The molecule has 0 aromatic rings. The topological polar surface area (TPSA) is 17.1 Å². The zero-order valence-corrected chi connectivity index (χ0v) is 9.51. The predicted molar refractivity (Wildman–Crippen MR) is 52.8 cm³/mol. The molecule has 0 aromatic carbocycles. The number of thioether (sulfide) groups is 1. The first-order valence-electron chi connectivity index (χ1n) is 4.78. The Bertz CT molecular complexity index is 222. The van der Waals surface area contributed by atoms with E-state index in [0.717, 1.165) is 11.8 Å². The molecule has 0 aromatic heterocycles. The average molecular weight is 264 g/mol. The van der Waals surface area contributed by atoms with Gasteiger partial charge in [0.1, 0.15) is 0 Å². The van der Waals surface area contributed by atoms with Gasteiger partial charge in [-0.2, -0.15) is 8.78 Å². The van der Waals surface area contributed by atoms with E-state index in [1.54, 1.807) is 6.92 Å². The highest BCUT2D eigenvalue weighted by Crippen LogP contribution is 2.31. The molecule has 0 saturated heterocycles. The lowest BCUT2D eigenvalue weighted by Crippen LogP contribution is -2.37. The maximum absolute atomic E-state index is 12.7. The molecule has 0 saturated carbocycles. The average Bonchev–Trinajstić information content (AvgIpc) is 2.23. The van der Waals surface area contributed by atoms with Crippen molar-refractivity contribution in [3.05, 3.63) is 0 Å². The van der Waals surface area contributed by atoms with Crippen LogP contribution in [0, 0.1) is 0 Å². The molecule has 7 heteroatoms. The van der Waals surface area contributed by atoms with Crippen molar-refractivity contribution < 1.29 is 26.7 Å². The van der Waals surface area contributed by atoms with E-state index in [1.165, 1.54) is 0 Å². The molecule has 0 heterocycles. The lowest BCUT2D eigenvalue weighted by Gasteiger charge is -2.19. The summed E-state index contributed by atoms with van der Waals surface area (Å²) in [5.74, 6) is -4.42. The highest BCUT2D eigenvalue weighted by atomic mass is 32.2. The van der Waals surface area contributed by atoms with Gasteiger partial charge in [-0.15, -0.1) is 0 Å². The molecule has 16 heavy (non-hydrogen) atoms. The van der Waals surface area contributed by atoms with Crippen LogP contribution in [0.3, 0.4) is 0 Å². The number of hydrogen-bond acceptors (Lipinski definition) is 2. The van der Waals surface area contributed by atoms with Crippen LogP contribution in [-0.2, 0) is 4.79 Å². The van der Waals surface area contributed by atoms with Gasteiger partial charge in [0, 0.05) is 12.2 Å². The lowest BCUT2D eigenvalue weighted by atomic mass is 10.1. The molecule has 0 rings (SSSR count). The van der Waals surface area contributed by atoms with Crippen molar-refractivity contribution in [2.75, 3.05) is 5.75 Å². The van der Waals surface area contributed by atoms with Crippen LogP contribution in [0.5, 0.6) is 0 Å². The SMILES string of the molecule is CCC(=O)SCCCC(F)C(F)(F)C(F)F. The Kier molecular flexibility index (Phi) is 6.94. The summed E-state index contributed by atoms with van der Waals surface area (Å²) in [4.78, 5) is 10.8. The molecule has 0 aliphatic carbocycles. The smallest absolute Gasteiger partial charge is 0.287 e. The van der Waals surface area contributed by atoms with Gasteiger partial charge in [-0.05, 0) is 12.8 Å². The molecule has 1 unspecified atom stereocenters. The number of carbonyl (C=O) groups excluding carboxylic acids is 1. The Hall–Kier alpha value is -0.330. The van der Waals surface area contributed by atoms with Crippen LogP contribution in [0.1, 0.15) is 26.2 Å². The quantitative estimate of drug-likeness (QED) is 0.515. The zero-order valence-electron chi connectivity index (χ0n) is 8.69. The molecule has 0 fully saturated rings. The van der Waals surface area contributed by atoms with Crippen LogP contribution in [-0.4, -0.2) is 29.4 Å². The Morgan fingerprint density at radius 2 is 1.88 bits per heavy atom. The fourth-order valence-electron chi connectivity index (χ4n) is 0.880. The minimum Gasteiger partial charge on any atom is -0.287 e. The molecule has 0 amide bonds. The molecule has 1 atom stereocenters. The van der Waals surface area contributed by atoms with Crippen LogP contribution in [0.2, 0.25) is 0 Å². The minimum absolute atomic E-state index is 0.0279. The van der Waals surface area contributed by atoms with Gasteiger partial charge in [-0.1, -0.05) is 18.7 Å². The number of hydrogen-bond donors (Lipinski definition) is 0. The Morgan fingerprint density at radius 3 is 2.31 bits per heavy atom. The van der Waals surface area contributed by atoms with E-state index in [2.05, 4.69) is 0 Å². The Labute approximate surface area is 94.8 Å². The summed E-state index contributed by atoms with van der Waals surface area (Å²) in [5, 5.41) is -0.129. The zero-order chi connectivity index (χ0) is 12.8. The van der Waals surface area contributed by atoms with Gasteiger partial charge in [0.15, 0.2) is 11.3 Å². The molecule has 0 bridgehead atoms. The Balaban J connectivity index is 3.81. The number of rotatable bonds is 7. The number of carbonyl (C=O) groups is 1. The fourth-order valence-corrected chi connectivity index (χ4v) is 1.62. The van der Waals surface area contributed by atoms with E-state index in [9.17, 15) is 26.7 Å². The monoisotopic (exact) mass is 264 g/mol. The van der Waals surface area contributed by atoms with Crippen molar-refractivity contribution >= 4 is 16.9 Å². The minimum atomic E-state index is -4.60. The van der Waals surface area contributed by atoms with Gasteiger partial charge in [-0.3, -0.25) is 4.79 Å². The number of alkyl halides is 5. The second kappa shape index (κ2) is 7.09. The standard InChI is InChI=1S/C9H13F5OS/c1-2-7(15)16-5-3-4-6(10)9(13,14)8(11)12/h6,8H,2-5H2,1H3. The van der Waals surface area contributed by atoms with E-state index in [1.807, 2.05) is 0 Å². The van der Waals surface area contributed by atoms with Crippen LogP contribution in [0.15, 0.2) is 0 Å².